The molecule has 1 fully saturated rings. The first-order valence-electron chi connectivity index (χ1n) is 6.34. The molecule has 0 spiro atoms. The molecule has 0 amide bonds. The van der Waals surface area contributed by atoms with E-state index in [9.17, 15) is 0 Å². The molecule has 4 nitrogen and oxygen atoms in total. The zero-order valence-corrected chi connectivity index (χ0v) is 11.5. The van der Waals surface area contributed by atoms with Crippen LogP contribution in [0, 0.1) is 0 Å². The molecule has 0 bridgehead atoms. The van der Waals surface area contributed by atoms with Gasteiger partial charge in [-0.05, 0) is 24.7 Å². The molecular formula is C14H22N2O2. The quantitative estimate of drug-likeness (QED) is 0.807. The van der Waals surface area contributed by atoms with Crippen LogP contribution in [-0.2, 0) is 6.54 Å². The normalized spacial score (nSPS) is 17.7. The van der Waals surface area contributed by atoms with Crippen molar-refractivity contribution in [2.24, 2.45) is 0 Å². The molecule has 1 aliphatic heterocycles. The van der Waals surface area contributed by atoms with Crippen LogP contribution in [0.2, 0.25) is 0 Å². The van der Waals surface area contributed by atoms with Crippen LogP contribution < -0.4 is 9.47 Å². The van der Waals surface area contributed by atoms with Gasteiger partial charge in [-0.15, -0.1) is 0 Å². The van der Waals surface area contributed by atoms with Crippen LogP contribution in [0.15, 0.2) is 18.2 Å². The third-order valence-corrected chi connectivity index (χ3v) is 3.41. The van der Waals surface area contributed by atoms with E-state index in [1.54, 1.807) is 14.2 Å². The Hall–Kier alpha value is -1.26. The molecule has 0 atom stereocenters. The van der Waals surface area contributed by atoms with E-state index in [2.05, 4.69) is 29.0 Å². The third kappa shape index (κ3) is 3.37. The molecular weight excluding hydrogens is 228 g/mol. The second-order valence-corrected chi connectivity index (χ2v) is 4.80. The van der Waals surface area contributed by atoms with E-state index in [1.165, 1.54) is 5.56 Å². The number of hydrogen-bond donors (Lipinski definition) is 0. The Morgan fingerprint density at radius 1 is 0.944 bits per heavy atom. The SMILES string of the molecule is COc1cc(CN2CCN(C)CC2)cc(OC)c1. The number of hydrogen-bond acceptors (Lipinski definition) is 4. The van der Waals surface area contributed by atoms with Crippen LogP contribution in [0.3, 0.4) is 0 Å². The minimum absolute atomic E-state index is 0.860. The molecule has 1 aliphatic rings. The fourth-order valence-corrected chi connectivity index (χ4v) is 2.22. The van der Waals surface area contributed by atoms with E-state index in [1.807, 2.05) is 6.07 Å². The lowest BCUT2D eigenvalue weighted by Gasteiger charge is -2.32. The number of piperazine rings is 1. The summed E-state index contributed by atoms with van der Waals surface area (Å²) in [5.41, 5.74) is 1.25. The van der Waals surface area contributed by atoms with E-state index in [0.29, 0.717) is 0 Å². The van der Waals surface area contributed by atoms with Gasteiger partial charge in [0.05, 0.1) is 14.2 Å². The average molecular weight is 250 g/mol. The Morgan fingerprint density at radius 2 is 1.50 bits per heavy atom. The summed E-state index contributed by atoms with van der Waals surface area (Å²) in [7, 11) is 5.55. The number of methoxy groups -OCH3 is 2. The summed E-state index contributed by atoms with van der Waals surface area (Å²) in [5.74, 6) is 1.72. The minimum Gasteiger partial charge on any atom is -0.497 e. The Morgan fingerprint density at radius 3 is 2.00 bits per heavy atom. The molecule has 1 heterocycles. The van der Waals surface area contributed by atoms with Crippen molar-refractivity contribution in [3.8, 4) is 11.5 Å². The number of benzene rings is 1. The highest BCUT2D eigenvalue weighted by molar-refractivity contribution is 5.38. The first-order chi connectivity index (χ1) is 8.71. The lowest BCUT2D eigenvalue weighted by atomic mass is 10.1. The smallest absolute Gasteiger partial charge is 0.122 e. The number of likely N-dealkylation sites (N-methyl/N-ethyl adjacent to an activating group) is 1. The van der Waals surface area contributed by atoms with Crippen molar-refractivity contribution in [3.05, 3.63) is 23.8 Å². The molecule has 0 aromatic heterocycles. The molecule has 18 heavy (non-hydrogen) atoms. The topological polar surface area (TPSA) is 24.9 Å². The van der Waals surface area contributed by atoms with Crippen molar-refractivity contribution < 1.29 is 9.47 Å². The Bertz CT molecular complexity index is 365. The van der Waals surface area contributed by atoms with Gasteiger partial charge in [-0.1, -0.05) is 0 Å². The summed E-state index contributed by atoms with van der Waals surface area (Å²) in [6.45, 7) is 5.48. The van der Waals surface area contributed by atoms with Crippen molar-refractivity contribution in [1.82, 2.24) is 9.80 Å². The Balaban J connectivity index is 2.03. The van der Waals surface area contributed by atoms with Gasteiger partial charge in [0, 0.05) is 38.8 Å². The standard InChI is InChI=1S/C14H22N2O2/c1-15-4-6-16(7-5-15)11-12-8-13(17-2)10-14(9-12)18-3/h8-10H,4-7,11H2,1-3H3. The summed E-state index contributed by atoms with van der Waals surface area (Å²) < 4.78 is 10.6. The van der Waals surface area contributed by atoms with Crippen molar-refractivity contribution in [3.63, 3.8) is 0 Å². The maximum absolute atomic E-state index is 5.30. The maximum atomic E-state index is 5.30. The van der Waals surface area contributed by atoms with Gasteiger partial charge in [-0.3, -0.25) is 4.90 Å². The second kappa shape index (κ2) is 6.07. The van der Waals surface area contributed by atoms with Gasteiger partial charge in [0.15, 0.2) is 0 Å². The van der Waals surface area contributed by atoms with Crippen LogP contribution in [0.1, 0.15) is 5.56 Å². The van der Waals surface area contributed by atoms with E-state index in [0.717, 1.165) is 44.2 Å². The highest BCUT2D eigenvalue weighted by atomic mass is 16.5. The fourth-order valence-electron chi connectivity index (χ4n) is 2.22. The molecule has 0 unspecified atom stereocenters. The fraction of sp³-hybridized carbons (Fsp3) is 0.571. The predicted molar refractivity (Wildman–Crippen MR) is 72.3 cm³/mol. The van der Waals surface area contributed by atoms with Crippen LogP contribution >= 0.6 is 0 Å². The Kier molecular flexibility index (Phi) is 4.44. The van der Waals surface area contributed by atoms with E-state index in [4.69, 9.17) is 9.47 Å². The molecule has 1 aromatic rings. The van der Waals surface area contributed by atoms with Crippen molar-refractivity contribution in [2.75, 3.05) is 47.4 Å². The van der Waals surface area contributed by atoms with E-state index >= 15 is 0 Å². The van der Waals surface area contributed by atoms with Gasteiger partial charge in [0.25, 0.3) is 0 Å². The predicted octanol–water partition coefficient (Wildman–Crippen LogP) is 1.45. The summed E-state index contributed by atoms with van der Waals surface area (Å²) in [4.78, 5) is 4.83. The van der Waals surface area contributed by atoms with E-state index < -0.39 is 0 Å². The van der Waals surface area contributed by atoms with Gasteiger partial charge in [-0.25, -0.2) is 0 Å². The lowest BCUT2D eigenvalue weighted by Crippen LogP contribution is -2.43. The zero-order chi connectivity index (χ0) is 13.0. The van der Waals surface area contributed by atoms with Crippen LogP contribution in [-0.4, -0.2) is 57.2 Å². The number of rotatable bonds is 4. The average Bonchev–Trinajstić information content (AvgIpc) is 2.41. The first-order valence-corrected chi connectivity index (χ1v) is 6.34. The van der Waals surface area contributed by atoms with Gasteiger partial charge in [0.2, 0.25) is 0 Å². The molecule has 0 radical (unpaired) electrons. The summed E-state index contributed by atoms with van der Waals surface area (Å²) in [6.07, 6.45) is 0. The maximum Gasteiger partial charge on any atom is 0.122 e. The molecule has 0 N–H and O–H groups in total. The molecule has 1 saturated heterocycles. The van der Waals surface area contributed by atoms with Gasteiger partial charge < -0.3 is 14.4 Å². The van der Waals surface area contributed by atoms with Crippen LogP contribution in [0.4, 0.5) is 0 Å². The molecule has 100 valence electrons. The monoisotopic (exact) mass is 250 g/mol. The van der Waals surface area contributed by atoms with Crippen LogP contribution in [0.25, 0.3) is 0 Å². The summed E-state index contributed by atoms with van der Waals surface area (Å²) >= 11 is 0. The largest absolute Gasteiger partial charge is 0.497 e. The number of ether oxygens (including phenoxy) is 2. The van der Waals surface area contributed by atoms with Crippen molar-refractivity contribution in [2.45, 2.75) is 6.54 Å². The lowest BCUT2D eigenvalue weighted by molar-refractivity contribution is 0.148. The van der Waals surface area contributed by atoms with Gasteiger partial charge in [0.1, 0.15) is 11.5 Å². The highest BCUT2D eigenvalue weighted by Gasteiger charge is 2.14. The number of nitrogens with zero attached hydrogens (tertiary/aromatic N) is 2. The second-order valence-electron chi connectivity index (χ2n) is 4.80. The molecule has 4 heteroatoms. The minimum atomic E-state index is 0.860. The van der Waals surface area contributed by atoms with Gasteiger partial charge in [-0.2, -0.15) is 0 Å². The first kappa shape index (κ1) is 13.2. The van der Waals surface area contributed by atoms with Crippen molar-refractivity contribution >= 4 is 0 Å². The molecule has 2 rings (SSSR count). The molecule has 1 aromatic carbocycles. The summed E-state index contributed by atoms with van der Waals surface area (Å²) in [5, 5.41) is 0. The van der Waals surface area contributed by atoms with Gasteiger partial charge >= 0.3 is 0 Å². The Labute approximate surface area is 109 Å². The summed E-state index contributed by atoms with van der Waals surface area (Å²) in [6, 6.07) is 6.08. The van der Waals surface area contributed by atoms with Crippen molar-refractivity contribution in [1.29, 1.82) is 0 Å². The third-order valence-electron chi connectivity index (χ3n) is 3.41. The molecule has 0 aliphatic carbocycles. The van der Waals surface area contributed by atoms with E-state index in [-0.39, 0.29) is 0 Å². The van der Waals surface area contributed by atoms with Crippen LogP contribution in [0.5, 0.6) is 11.5 Å². The molecule has 0 saturated carbocycles. The highest BCUT2D eigenvalue weighted by Crippen LogP contribution is 2.23. The zero-order valence-electron chi connectivity index (χ0n) is 11.5.